The summed E-state index contributed by atoms with van der Waals surface area (Å²) in [7, 11) is 0. The van der Waals surface area contributed by atoms with Crippen LogP contribution in [-0.2, 0) is 9.53 Å². The van der Waals surface area contributed by atoms with Crippen molar-refractivity contribution < 1.29 is 19.4 Å². The molecule has 0 aliphatic heterocycles. The molecule has 0 saturated carbocycles. The monoisotopic (exact) mass is 400 g/mol. The van der Waals surface area contributed by atoms with Gasteiger partial charge in [0, 0.05) is 30.1 Å². The Kier molecular flexibility index (Phi) is 10.1. The highest BCUT2D eigenvalue weighted by Crippen LogP contribution is 2.24. The number of carboxylic acids is 1. The van der Waals surface area contributed by atoms with E-state index in [4.69, 9.17) is 9.47 Å². The third-order valence-corrected chi connectivity index (χ3v) is 4.72. The van der Waals surface area contributed by atoms with Crippen molar-refractivity contribution in [3.8, 4) is 17.1 Å². The van der Waals surface area contributed by atoms with Gasteiger partial charge in [0.15, 0.2) is 5.82 Å². The van der Waals surface area contributed by atoms with Gasteiger partial charge in [-0.25, -0.2) is 9.97 Å². The van der Waals surface area contributed by atoms with Crippen LogP contribution in [0.25, 0.3) is 11.4 Å². The Morgan fingerprint density at radius 2 is 1.66 bits per heavy atom. The second-order valence-corrected chi connectivity index (χ2v) is 7.07. The molecule has 1 heterocycles. The van der Waals surface area contributed by atoms with Crippen molar-refractivity contribution in [3.05, 3.63) is 42.2 Å². The molecule has 0 amide bonds. The van der Waals surface area contributed by atoms with E-state index in [1.165, 1.54) is 12.8 Å². The first-order valence-corrected chi connectivity index (χ1v) is 10.5. The van der Waals surface area contributed by atoms with Crippen molar-refractivity contribution in [2.45, 2.75) is 58.3 Å². The van der Waals surface area contributed by atoms with E-state index in [9.17, 15) is 9.90 Å². The lowest BCUT2D eigenvalue weighted by atomic mass is 9.96. The zero-order chi connectivity index (χ0) is 20.9. The summed E-state index contributed by atoms with van der Waals surface area (Å²) in [6.07, 6.45) is 9.15. The smallest absolute Gasteiger partial charge is 0.311 e. The molecule has 1 unspecified atom stereocenters. The normalized spacial score (nSPS) is 11.9. The number of carbonyl (C=O) groups is 1. The molecule has 1 aromatic heterocycles. The van der Waals surface area contributed by atoms with E-state index in [1.807, 2.05) is 31.2 Å². The van der Waals surface area contributed by atoms with Crippen molar-refractivity contribution >= 4 is 5.97 Å². The second kappa shape index (κ2) is 12.9. The number of hydrogen-bond donors (Lipinski definition) is 1. The lowest BCUT2D eigenvalue weighted by molar-refractivity contribution is -0.139. The van der Waals surface area contributed by atoms with Gasteiger partial charge in [0.05, 0.1) is 12.5 Å². The Bertz CT molecular complexity index is 717. The summed E-state index contributed by atoms with van der Waals surface area (Å²) < 4.78 is 11.2. The van der Waals surface area contributed by atoms with E-state index >= 15 is 0 Å². The molecule has 6 heteroatoms. The van der Waals surface area contributed by atoms with Crippen molar-refractivity contribution in [2.24, 2.45) is 0 Å². The lowest BCUT2D eigenvalue weighted by Crippen LogP contribution is -2.12. The van der Waals surface area contributed by atoms with Gasteiger partial charge in [-0.15, -0.1) is 0 Å². The summed E-state index contributed by atoms with van der Waals surface area (Å²) in [6.45, 7) is 6.10. The maximum Gasteiger partial charge on any atom is 0.311 e. The van der Waals surface area contributed by atoms with Gasteiger partial charge >= 0.3 is 5.97 Å². The Morgan fingerprint density at radius 1 is 0.966 bits per heavy atom. The lowest BCUT2D eigenvalue weighted by Gasteiger charge is -2.12. The molecule has 158 valence electrons. The third-order valence-electron chi connectivity index (χ3n) is 4.72. The van der Waals surface area contributed by atoms with Gasteiger partial charge < -0.3 is 14.6 Å². The quantitative estimate of drug-likeness (QED) is 0.445. The minimum absolute atomic E-state index is 0.519. The van der Waals surface area contributed by atoms with Gasteiger partial charge in [-0.1, -0.05) is 39.5 Å². The maximum atomic E-state index is 11.5. The first-order valence-electron chi connectivity index (χ1n) is 10.5. The van der Waals surface area contributed by atoms with E-state index in [2.05, 4.69) is 16.9 Å². The number of unbranched alkanes of at least 4 members (excludes halogenated alkanes) is 3. The average Bonchev–Trinajstić information content (AvgIpc) is 2.74. The van der Waals surface area contributed by atoms with Gasteiger partial charge in [-0.3, -0.25) is 4.79 Å². The number of aliphatic carboxylic acids is 1. The fraction of sp³-hybridized carbons (Fsp3) is 0.522. The highest BCUT2D eigenvalue weighted by molar-refractivity contribution is 5.75. The van der Waals surface area contributed by atoms with E-state index < -0.39 is 11.9 Å². The van der Waals surface area contributed by atoms with Gasteiger partial charge in [0.1, 0.15) is 12.4 Å². The number of aromatic nitrogens is 2. The topological polar surface area (TPSA) is 81.5 Å². The van der Waals surface area contributed by atoms with E-state index in [-0.39, 0.29) is 0 Å². The molecule has 2 rings (SSSR count). The van der Waals surface area contributed by atoms with Crippen LogP contribution in [-0.4, -0.2) is 40.9 Å². The summed E-state index contributed by atoms with van der Waals surface area (Å²) in [4.78, 5) is 20.2. The fourth-order valence-electron chi connectivity index (χ4n) is 2.98. The fourth-order valence-corrected chi connectivity index (χ4v) is 2.98. The van der Waals surface area contributed by atoms with Crippen LogP contribution in [0, 0.1) is 0 Å². The largest absolute Gasteiger partial charge is 0.491 e. The van der Waals surface area contributed by atoms with Gasteiger partial charge in [0.2, 0.25) is 0 Å². The first-order chi connectivity index (χ1) is 14.2. The molecule has 0 bridgehead atoms. The molecule has 1 atom stereocenters. The molecule has 0 fully saturated rings. The number of hydrogen-bond acceptors (Lipinski definition) is 5. The maximum absolute atomic E-state index is 11.5. The predicted octanol–water partition coefficient (Wildman–Crippen LogP) is 5.09. The summed E-state index contributed by atoms with van der Waals surface area (Å²) in [5.74, 6) is -0.0400. The van der Waals surface area contributed by atoms with E-state index in [0.717, 1.165) is 37.2 Å². The zero-order valence-electron chi connectivity index (χ0n) is 17.5. The molecular weight excluding hydrogens is 368 g/mol. The van der Waals surface area contributed by atoms with Crippen LogP contribution >= 0.6 is 0 Å². The van der Waals surface area contributed by atoms with E-state index in [0.29, 0.717) is 31.0 Å². The Morgan fingerprint density at radius 3 is 2.28 bits per heavy atom. The molecule has 6 nitrogen and oxygen atoms in total. The Balaban J connectivity index is 1.86. The Hall–Kier alpha value is -2.47. The van der Waals surface area contributed by atoms with Gasteiger partial charge in [-0.05, 0) is 37.1 Å². The van der Waals surface area contributed by atoms with Crippen LogP contribution in [0.1, 0.15) is 63.9 Å². The standard InChI is InChI=1S/C23H32N2O4/c1-3-5-7-13-28-14-15-29-20-11-9-18(10-12-20)22-24-16-19(17-25-22)21(23(26)27)8-6-4-2/h9-12,16-17,21H,3-8,13-15H2,1-2H3,(H,26,27). The highest BCUT2D eigenvalue weighted by Gasteiger charge is 2.20. The number of ether oxygens (including phenoxy) is 2. The molecule has 0 saturated heterocycles. The predicted molar refractivity (Wildman–Crippen MR) is 113 cm³/mol. The number of rotatable bonds is 14. The van der Waals surface area contributed by atoms with Crippen molar-refractivity contribution in [2.75, 3.05) is 19.8 Å². The molecule has 29 heavy (non-hydrogen) atoms. The van der Waals surface area contributed by atoms with Crippen molar-refractivity contribution in [1.29, 1.82) is 0 Å². The molecule has 0 spiro atoms. The second-order valence-electron chi connectivity index (χ2n) is 7.07. The van der Waals surface area contributed by atoms with Crippen molar-refractivity contribution in [1.82, 2.24) is 9.97 Å². The Labute approximate surface area is 173 Å². The summed E-state index contributed by atoms with van der Waals surface area (Å²) >= 11 is 0. The summed E-state index contributed by atoms with van der Waals surface area (Å²) in [5.41, 5.74) is 1.51. The molecule has 0 radical (unpaired) electrons. The van der Waals surface area contributed by atoms with Crippen LogP contribution < -0.4 is 4.74 Å². The summed E-state index contributed by atoms with van der Waals surface area (Å²) in [5, 5.41) is 9.43. The van der Waals surface area contributed by atoms with Crippen LogP contribution in [0.3, 0.4) is 0 Å². The molecule has 2 aromatic rings. The van der Waals surface area contributed by atoms with Crippen LogP contribution in [0.2, 0.25) is 0 Å². The third kappa shape index (κ3) is 7.81. The molecular formula is C23H32N2O4. The van der Waals surface area contributed by atoms with Crippen LogP contribution in [0.4, 0.5) is 0 Å². The molecule has 0 aliphatic rings. The molecule has 0 aliphatic carbocycles. The molecule has 1 N–H and O–H groups in total. The van der Waals surface area contributed by atoms with Crippen molar-refractivity contribution in [3.63, 3.8) is 0 Å². The number of benzene rings is 1. The van der Waals surface area contributed by atoms with Crippen LogP contribution in [0.5, 0.6) is 5.75 Å². The summed E-state index contributed by atoms with van der Waals surface area (Å²) in [6, 6.07) is 7.56. The van der Waals surface area contributed by atoms with E-state index in [1.54, 1.807) is 12.4 Å². The minimum atomic E-state index is -0.828. The number of nitrogens with zero attached hydrogens (tertiary/aromatic N) is 2. The SMILES string of the molecule is CCCCCOCCOc1ccc(-c2ncc(C(CCCC)C(=O)O)cn2)cc1. The van der Waals surface area contributed by atoms with Gasteiger partial charge in [-0.2, -0.15) is 0 Å². The van der Waals surface area contributed by atoms with Gasteiger partial charge in [0.25, 0.3) is 0 Å². The highest BCUT2D eigenvalue weighted by atomic mass is 16.5. The first kappa shape index (κ1) is 22.8. The zero-order valence-corrected chi connectivity index (χ0v) is 17.5. The average molecular weight is 401 g/mol. The van der Waals surface area contributed by atoms with Crippen LogP contribution in [0.15, 0.2) is 36.7 Å². The molecule has 1 aromatic carbocycles. The number of carboxylic acid groups (broad SMARTS) is 1. The minimum Gasteiger partial charge on any atom is -0.491 e.